The van der Waals surface area contributed by atoms with Crippen molar-refractivity contribution in [2.24, 2.45) is 0 Å². The number of nitrogens with zero attached hydrogens (tertiary/aromatic N) is 1. The molecule has 3 nitrogen and oxygen atoms in total. The Balaban J connectivity index is 2.54. The van der Waals surface area contributed by atoms with E-state index in [0.29, 0.717) is 12.3 Å². The number of hydrogen-bond acceptors (Lipinski definition) is 2. The molecule has 19 heavy (non-hydrogen) atoms. The highest BCUT2D eigenvalue weighted by atomic mass is 35.5. The first kappa shape index (κ1) is 15.8. The smallest absolute Gasteiger partial charge is 0.223 e. The van der Waals surface area contributed by atoms with Crippen molar-refractivity contribution in [1.82, 2.24) is 4.90 Å². The molecule has 4 heteroatoms. The molecule has 1 rings (SSSR count). The second-order valence-corrected chi connectivity index (χ2v) is 5.51. The van der Waals surface area contributed by atoms with Crippen molar-refractivity contribution >= 4 is 17.5 Å². The predicted molar refractivity (Wildman–Crippen MR) is 78.9 cm³/mol. The van der Waals surface area contributed by atoms with Gasteiger partial charge in [-0.1, -0.05) is 12.1 Å². The average Bonchev–Trinajstić information content (AvgIpc) is 2.44. The first-order valence-electron chi connectivity index (χ1n) is 6.36. The molecular weight excluding hydrogens is 262 g/mol. The first-order valence-corrected chi connectivity index (χ1v) is 6.89. The molecule has 0 fully saturated rings. The lowest BCUT2D eigenvalue weighted by atomic mass is 10.0. The van der Waals surface area contributed by atoms with E-state index in [1.54, 1.807) is 19.1 Å². The number of methoxy groups -OCH3 is 1. The highest BCUT2D eigenvalue weighted by Crippen LogP contribution is 2.17. The standard InChI is InChI=1S/C15H22ClNO2/c1-15(2,11-16)17(3)14(18)10-7-12-5-8-13(19-4)9-6-12/h5-6,8-9H,7,10-11H2,1-4H3. The number of rotatable bonds is 6. The molecule has 0 aromatic heterocycles. The van der Waals surface area contributed by atoms with Crippen LogP contribution in [-0.4, -0.2) is 36.4 Å². The average molecular weight is 284 g/mol. The Labute approximate surface area is 120 Å². The topological polar surface area (TPSA) is 29.5 Å². The number of carbonyl (C=O) groups excluding carboxylic acids is 1. The summed E-state index contributed by atoms with van der Waals surface area (Å²) in [6.07, 6.45) is 1.22. The molecule has 0 atom stereocenters. The normalized spacial score (nSPS) is 11.2. The summed E-state index contributed by atoms with van der Waals surface area (Å²) in [5.41, 5.74) is 0.824. The number of ether oxygens (including phenoxy) is 1. The Hall–Kier alpha value is -1.22. The highest BCUT2D eigenvalue weighted by molar-refractivity contribution is 6.18. The van der Waals surface area contributed by atoms with E-state index in [1.807, 2.05) is 38.1 Å². The molecule has 0 bridgehead atoms. The van der Waals surface area contributed by atoms with Crippen LogP contribution in [0.2, 0.25) is 0 Å². The third-order valence-electron chi connectivity index (χ3n) is 3.40. The minimum absolute atomic E-state index is 0.112. The van der Waals surface area contributed by atoms with Gasteiger partial charge in [-0.05, 0) is 38.0 Å². The summed E-state index contributed by atoms with van der Waals surface area (Å²) in [6.45, 7) is 3.93. The second kappa shape index (κ2) is 6.80. The summed E-state index contributed by atoms with van der Waals surface area (Å²) in [5.74, 6) is 1.37. The van der Waals surface area contributed by atoms with Gasteiger partial charge in [0.05, 0.1) is 12.6 Å². The van der Waals surface area contributed by atoms with Crippen LogP contribution in [0.15, 0.2) is 24.3 Å². The zero-order chi connectivity index (χ0) is 14.5. The van der Waals surface area contributed by atoms with E-state index < -0.39 is 0 Å². The summed E-state index contributed by atoms with van der Waals surface area (Å²) in [6, 6.07) is 7.79. The quantitative estimate of drug-likeness (QED) is 0.751. The Morgan fingerprint density at radius 2 is 1.89 bits per heavy atom. The number of aryl methyl sites for hydroxylation is 1. The van der Waals surface area contributed by atoms with Gasteiger partial charge in [-0.25, -0.2) is 0 Å². The van der Waals surface area contributed by atoms with Crippen molar-refractivity contribution < 1.29 is 9.53 Å². The molecule has 0 unspecified atom stereocenters. The van der Waals surface area contributed by atoms with Gasteiger partial charge in [-0.15, -0.1) is 11.6 Å². The van der Waals surface area contributed by atoms with E-state index in [1.165, 1.54) is 0 Å². The Morgan fingerprint density at radius 3 is 2.37 bits per heavy atom. The number of halogens is 1. The van der Waals surface area contributed by atoms with Crippen LogP contribution < -0.4 is 4.74 Å². The van der Waals surface area contributed by atoms with E-state index in [4.69, 9.17) is 16.3 Å². The fourth-order valence-corrected chi connectivity index (χ4v) is 1.82. The third kappa shape index (κ3) is 4.43. The van der Waals surface area contributed by atoms with Gasteiger partial charge in [0.1, 0.15) is 5.75 Å². The van der Waals surface area contributed by atoms with Crippen molar-refractivity contribution in [1.29, 1.82) is 0 Å². The van der Waals surface area contributed by atoms with Gasteiger partial charge >= 0.3 is 0 Å². The summed E-state index contributed by atoms with van der Waals surface area (Å²) < 4.78 is 5.10. The monoisotopic (exact) mass is 283 g/mol. The van der Waals surface area contributed by atoms with E-state index in [0.717, 1.165) is 17.7 Å². The maximum Gasteiger partial charge on any atom is 0.223 e. The predicted octanol–water partition coefficient (Wildman–Crippen LogP) is 3.10. The molecule has 0 radical (unpaired) electrons. The van der Waals surface area contributed by atoms with Gasteiger partial charge in [0.15, 0.2) is 0 Å². The molecular formula is C15H22ClNO2. The molecule has 0 N–H and O–H groups in total. The van der Waals surface area contributed by atoms with Gasteiger partial charge in [-0.2, -0.15) is 0 Å². The Bertz CT molecular complexity index is 415. The molecule has 1 amide bonds. The highest BCUT2D eigenvalue weighted by Gasteiger charge is 2.26. The van der Waals surface area contributed by atoms with Crippen molar-refractivity contribution in [2.45, 2.75) is 32.2 Å². The Kier molecular flexibility index (Phi) is 5.67. The minimum Gasteiger partial charge on any atom is -0.497 e. The molecule has 1 aromatic rings. The lowest BCUT2D eigenvalue weighted by Gasteiger charge is -2.34. The molecule has 0 aliphatic heterocycles. The number of hydrogen-bond donors (Lipinski definition) is 0. The van der Waals surface area contributed by atoms with Crippen molar-refractivity contribution in [3.05, 3.63) is 29.8 Å². The van der Waals surface area contributed by atoms with Gasteiger partial charge in [-0.3, -0.25) is 4.79 Å². The SMILES string of the molecule is COc1ccc(CCC(=O)N(C)C(C)(C)CCl)cc1. The van der Waals surface area contributed by atoms with Gasteiger partial charge in [0, 0.05) is 19.3 Å². The maximum atomic E-state index is 12.1. The Morgan fingerprint density at radius 1 is 1.32 bits per heavy atom. The van der Waals surface area contributed by atoms with Crippen LogP contribution in [0.25, 0.3) is 0 Å². The number of alkyl halides is 1. The van der Waals surface area contributed by atoms with E-state index in [9.17, 15) is 4.79 Å². The fraction of sp³-hybridized carbons (Fsp3) is 0.533. The lowest BCUT2D eigenvalue weighted by molar-refractivity contribution is -0.133. The lowest BCUT2D eigenvalue weighted by Crippen LogP contribution is -2.46. The zero-order valence-corrected chi connectivity index (χ0v) is 12.8. The largest absolute Gasteiger partial charge is 0.497 e. The van der Waals surface area contributed by atoms with E-state index in [-0.39, 0.29) is 11.4 Å². The van der Waals surface area contributed by atoms with E-state index >= 15 is 0 Å². The number of carbonyl (C=O) groups is 1. The second-order valence-electron chi connectivity index (χ2n) is 5.25. The van der Waals surface area contributed by atoms with Crippen LogP contribution in [0, 0.1) is 0 Å². The van der Waals surface area contributed by atoms with Crippen LogP contribution >= 0.6 is 11.6 Å². The maximum absolute atomic E-state index is 12.1. The minimum atomic E-state index is -0.307. The van der Waals surface area contributed by atoms with Gasteiger partial charge < -0.3 is 9.64 Å². The first-order chi connectivity index (χ1) is 8.90. The number of amides is 1. The zero-order valence-electron chi connectivity index (χ0n) is 12.1. The van der Waals surface area contributed by atoms with E-state index in [2.05, 4.69) is 0 Å². The fourth-order valence-electron chi connectivity index (χ4n) is 1.64. The van der Waals surface area contributed by atoms with Crippen LogP contribution in [0.5, 0.6) is 5.75 Å². The molecule has 0 saturated carbocycles. The van der Waals surface area contributed by atoms with Gasteiger partial charge in [0.25, 0.3) is 0 Å². The summed E-state index contributed by atoms with van der Waals surface area (Å²) in [4.78, 5) is 13.8. The molecule has 1 aromatic carbocycles. The number of benzene rings is 1. The van der Waals surface area contributed by atoms with Crippen LogP contribution in [0.3, 0.4) is 0 Å². The summed E-state index contributed by atoms with van der Waals surface area (Å²) >= 11 is 5.87. The van der Waals surface area contributed by atoms with Crippen molar-refractivity contribution in [3.63, 3.8) is 0 Å². The molecule has 0 aliphatic carbocycles. The third-order valence-corrected chi connectivity index (χ3v) is 4.05. The molecule has 0 aliphatic rings. The summed E-state index contributed by atoms with van der Waals surface area (Å²) in [5, 5.41) is 0. The molecule has 0 heterocycles. The molecule has 0 spiro atoms. The van der Waals surface area contributed by atoms with Crippen molar-refractivity contribution in [2.75, 3.05) is 20.0 Å². The van der Waals surface area contributed by atoms with Crippen LogP contribution in [0.1, 0.15) is 25.8 Å². The van der Waals surface area contributed by atoms with Crippen molar-refractivity contribution in [3.8, 4) is 5.75 Å². The van der Waals surface area contributed by atoms with Crippen LogP contribution in [-0.2, 0) is 11.2 Å². The van der Waals surface area contributed by atoms with Gasteiger partial charge in [0.2, 0.25) is 5.91 Å². The van der Waals surface area contributed by atoms with Crippen LogP contribution in [0.4, 0.5) is 0 Å². The summed E-state index contributed by atoms with van der Waals surface area (Å²) in [7, 11) is 3.44. The molecule has 0 saturated heterocycles. The molecule has 106 valence electrons.